The molecule has 0 unspecified atom stereocenters. The SMILES string of the molecule is CC#Cc1cc(C)nc(-c2ccc(N)cc2)n1. The molecule has 0 atom stereocenters. The summed E-state index contributed by atoms with van der Waals surface area (Å²) in [4.78, 5) is 8.79. The second-order valence-electron chi connectivity index (χ2n) is 3.72. The number of rotatable bonds is 1. The lowest BCUT2D eigenvalue weighted by molar-refractivity contribution is 1.10. The predicted octanol–water partition coefficient (Wildman–Crippen LogP) is 2.41. The van der Waals surface area contributed by atoms with Crippen molar-refractivity contribution >= 4 is 5.69 Å². The number of aryl methyl sites for hydroxylation is 1. The van der Waals surface area contributed by atoms with Crippen LogP contribution in [-0.2, 0) is 0 Å². The van der Waals surface area contributed by atoms with E-state index in [0.717, 1.165) is 22.6 Å². The molecule has 3 heteroatoms. The number of aromatic nitrogens is 2. The van der Waals surface area contributed by atoms with E-state index in [2.05, 4.69) is 21.8 Å². The molecule has 0 radical (unpaired) electrons. The fourth-order valence-electron chi connectivity index (χ4n) is 1.52. The monoisotopic (exact) mass is 223 g/mol. The molecule has 2 aromatic rings. The first kappa shape index (κ1) is 11.2. The maximum absolute atomic E-state index is 5.65. The molecule has 1 heterocycles. The van der Waals surface area contributed by atoms with Crippen LogP contribution in [0.25, 0.3) is 11.4 Å². The summed E-state index contributed by atoms with van der Waals surface area (Å²) in [6.07, 6.45) is 0. The smallest absolute Gasteiger partial charge is 0.160 e. The van der Waals surface area contributed by atoms with Gasteiger partial charge >= 0.3 is 0 Å². The third-order valence-corrected chi connectivity index (χ3v) is 2.28. The van der Waals surface area contributed by atoms with Crippen molar-refractivity contribution in [1.29, 1.82) is 0 Å². The average Bonchev–Trinajstić information content (AvgIpc) is 2.29. The molecule has 0 bridgehead atoms. The molecule has 0 aliphatic heterocycles. The highest BCUT2D eigenvalue weighted by Gasteiger charge is 2.03. The minimum Gasteiger partial charge on any atom is -0.399 e. The number of hydrogen-bond donors (Lipinski definition) is 1. The van der Waals surface area contributed by atoms with E-state index in [9.17, 15) is 0 Å². The van der Waals surface area contributed by atoms with Crippen LogP contribution < -0.4 is 5.73 Å². The highest BCUT2D eigenvalue weighted by Crippen LogP contribution is 2.17. The number of nitrogens with zero attached hydrogens (tertiary/aromatic N) is 2. The van der Waals surface area contributed by atoms with E-state index in [0.29, 0.717) is 5.82 Å². The fraction of sp³-hybridized carbons (Fsp3) is 0.143. The van der Waals surface area contributed by atoms with Crippen molar-refractivity contribution in [1.82, 2.24) is 9.97 Å². The van der Waals surface area contributed by atoms with Crippen LogP contribution in [0.15, 0.2) is 30.3 Å². The summed E-state index contributed by atoms with van der Waals surface area (Å²) >= 11 is 0. The van der Waals surface area contributed by atoms with Gasteiger partial charge in [0, 0.05) is 16.9 Å². The van der Waals surface area contributed by atoms with Gasteiger partial charge in [0.1, 0.15) is 5.69 Å². The van der Waals surface area contributed by atoms with Crippen molar-refractivity contribution < 1.29 is 0 Å². The highest BCUT2D eigenvalue weighted by atomic mass is 14.9. The summed E-state index contributed by atoms with van der Waals surface area (Å²) in [6, 6.07) is 9.37. The van der Waals surface area contributed by atoms with Crippen molar-refractivity contribution in [2.24, 2.45) is 0 Å². The quantitative estimate of drug-likeness (QED) is 0.596. The van der Waals surface area contributed by atoms with Gasteiger partial charge in [0.2, 0.25) is 0 Å². The van der Waals surface area contributed by atoms with E-state index in [1.807, 2.05) is 37.3 Å². The first-order chi connectivity index (χ1) is 8.19. The second-order valence-corrected chi connectivity index (χ2v) is 3.72. The summed E-state index contributed by atoms with van der Waals surface area (Å²) in [5, 5.41) is 0. The van der Waals surface area contributed by atoms with E-state index < -0.39 is 0 Å². The van der Waals surface area contributed by atoms with Gasteiger partial charge in [-0.3, -0.25) is 0 Å². The van der Waals surface area contributed by atoms with Crippen LogP contribution in [0.3, 0.4) is 0 Å². The Morgan fingerprint density at radius 3 is 2.47 bits per heavy atom. The second kappa shape index (κ2) is 4.67. The minimum atomic E-state index is 0.683. The number of benzene rings is 1. The van der Waals surface area contributed by atoms with Crippen LogP contribution in [0.4, 0.5) is 5.69 Å². The van der Waals surface area contributed by atoms with Crippen molar-refractivity contribution in [3.05, 3.63) is 41.7 Å². The normalized spacial score (nSPS) is 9.53. The Hall–Kier alpha value is -2.34. The molecule has 2 N–H and O–H groups in total. The van der Waals surface area contributed by atoms with Gasteiger partial charge in [0.25, 0.3) is 0 Å². The van der Waals surface area contributed by atoms with E-state index in [-0.39, 0.29) is 0 Å². The number of hydrogen-bond acceptors (Lipinski definition) is 3. The molecule has 3 nitrogen and oxygen atoms in total. The van der Waals surface area contributed by atoms with Gasteiger partial charge in [0.05, 0.1) is 0 Å². The van der Waals surface area contributed by atoms with E-state index in [1.54, 1.807) is 6.92 Å². The molecule has 0 amide bonds. The molecule has 0 spiro atoms. The van der Waals surface area contributed by atoms with Gasteiger partial charge in [-0.25, -0.2) is 9.97 Å². The molecule has 2 rings (SSSR count). The topological polar surface area (TPSA) is 51.8 Å². The summed E-state index contributed by atoms with van der Waals surface area (Å²) in [5.74, 6) is 6.47. The zero-order valence-corrected chi connectivity index (χ0v) is 9.86. The van der Waals surface area contributed by atoms with Crippen molar-refractivity contribution in [3.63, 3.8) is 0 Å². The Bertz CT molecular complexity index is 589. The zero-order chi connectivity index (χ0) is 12.3. The summed E-state index contributed by atoms with van der Waals surface area (Å²) in [5.41, 5.74) is 8.98. The molecule has 84 valence electrons. The van der Waals surface area contributed by atoms with Crippen LogP contribution in [0.2, 0.25) is 0 Å². The van der Waals surface area contributed by atoms with Crippen LogP contribution in [0.1, 0.15) is 18.3 Å². The zero-order valence-electron chi connectivity index (χ0n) is 9.86. The van der Waals surface area contributed by atoms with Gasteiger partial charge in [-0.15, -0.1) is 0 Å². The lowest BCUT2D eigenvalue weighted by Gasteiger charge is -2.03. The predicted molar refractivity (Wildman–Crippen MR) is 69.2 cm³/mol. The van der Waals surface area contributed by atoms with Crippen LogP contribution in [-0.4, -0.2) is 9.97 Å². The van der Waals surface area contributed by atoms with Gasteiger partial charge in [-0.05, 0) is 50.1 Å². The summed E-state index contributed by atoms with van der Waals surface area (Å²) in [6.45, 7) is 3.73. The van der Waals surface area contributed by atoms with Gasteiger partial charge < -0.3 is 5.73 Å². The molecule has 0 aliphatic rings. The molecule has 0 saturated heterocycles. The first-order valence-corrected chi connectivity index (χ1v) is 5.33. The van der Waals surface area contributed by atoms with Gasteiger partial charge in [-0.1, -0.05) is 5.92 Å². The lowest BCUT2D eigenvalue weighted by atomic mass is 10.2. The molecular weight excluding hydrogens is 210 g/mol. The van der Waals surface area contributed by atoms with E-state index in [4.69, 9.17) is 5.73 Å². The Labute approximate surface area is 101 Å². The molecule has 17 heavy (non-hydrogen) atoms. The molecular formula is C14H13N3. The Morgan fingerprint density at radius 1 is 1.12 bits per heavy atom. The van der Waals surface area contributed by atoms with E-state index >= 15 is 0 Å². The maximum atomic E-state index is 5.65. The van der Waals surface area contributed by atoms with Crippen LogP contribution in [0, 0.1) is 18.8 Å². The third kappa shape index (κ3) is 2.61. The molecule has 0 fully saturated rings. The molecule has 0 saturated carbocycles. The summed E-state index contributed by atoms with van der Waals surface area (Å²) < 4.78 is 0. The first-order valence-electron chi connectivity index (χ1n) is 5.33. The summed E-state index contributed by atoms with van der Waals surface area (Å²) in [7, 11) is 0. The van der Waals surface area contributed by atoms with Crippen molar-refractivity contribution in [3.8, 4) is 23.2 Å². The Kier molecular flexibility index (Phi) is 3.06. The molecule has 1 aromatic heterocycles. The fourth-order valence-corrected chi connectivity index (χ4v) is 1.52. The minimum absolute atomic E-state index is 0.683. The van der Waals surface area contributed by atoms with Crippen molar-refractivity contribution in [2.75, 3.05) is 5.73 Å². The molecule has 0 aliphatic carbocycles. The van der Waals surface area contributed by atoms with Gasteiger partial charge in [-0.2, -0.15) is 0 Å². The van der Waals surface area contributed by atoms with Crippen LogP contribution >= 0.6 is 0 Å². The van der Waals surface area contributed by atoms with Gasteiger partial charge in [0.15, 0.2) is 5.82 Å². The third-order valence-electron chi connectivity index (χ3n) is 2.28. The Balaban J connectivity index is 2.50. The largest absolute Gasteiger partial charge is 0.399 e. The standard InChI is InChI=1S/C14H13N3/c1-3-4-13-9-10(2)16-14(17-13)11-5-7-12(15)8-6-11/h5-9H,15H2,1-2H3. The number of anilines is 1. The van der Waals surface area contributed by atoms with Crippen molar-refractivity contribution in [2.45, 2.75) is 13.8 Å². The molecule has 1 aromatic carbocycles. The Morgan fingerprint density at radius 2 is 1.82 bits per heavy atom. The lowest BCUT2D eigenvalue weighted by Crippen LogP contribution is -1.95. The van der Waals surface area contributed by atoms with E-state index in [1.165, 1.54) is 0 Å². The maximum Gasteiger partial charge on any atom is 0.160 e. The number of nitrogen functional groups attached to an aromatic ring is 1. The number of nitrogens with two attached hydrogens (primary N) is 1. The highest BCUT2D eigenvalue weighted by molar-refractivity contribution is 5.59. The average molecular weight is 223 g/mol. The van der Waals surface area contributed by atoms with Crippen LogP contribution in [0.5, 0.6) is 0 Å².